The summed E-state index contributed by atoms with van der Waals surface area (Å²) in [6, 6.07) is 23.0. The van der Waals surface area contributed by atoms with Gasteiger partial charge in [0.1, 0.15) is 19.5 Å². The van der Waals surface area contributed by atoms with Gasteiger partial charge in [-0.25, -0.2) is 4.79 Å². The fraction of sp³-hybridized carbons (Fsp3) is 0.185. The van der Waals surface area contributed by atoms with Crippen LogP contribution >= 0.6 is 11.8 Å². The van der Waals surface area contributed by atoms with Crippen molar-refractivity contribution in [3.05, 3.63) is 95.1 Å². The van der Waals surface area contributed by atoms with E-state index in [1.165, 1.54) is 37.1 Å². The number of ether oxygens (including phenoxy) is 2. The topological polar surface area (TPSA) is 96.0 Å². The highest BCUT2D eigenvalue weighted by Crippen LogP contribution is 2.27. The zero-order valence-corrected chi connectivity index (χ0v) is 21.0. The van der Waals surface area contributed by atoms with Gasteiger partial charge in [0.05, 0.1) is 7.11 Å². The molecule has 36 heavy (non-hydrogen) atoms. The molecule has 4 aromatic rings. The molecule has 0 saturated carbocycles. The monoisotopic (exact) mass is 503 g/mol. The summed E-state index contributed by atoms with van der Waals surface area (Å²) in [5.41, 5.74) is 4.62. The van der Waals surface area contributed by atoms with Gasteiger partial charge in [-0.15, -0.1) is 10.2 Å². The third kappa shape index (κ3) is 6.31. The number of carbonyl (C=O) groups is 1. The van der Waals surface area contributed by atoms with Crippen LogP contribution in [0, 0.1) is 6.92 Å². The first-order valence-corrected chi connectivity index (χ1v) is 12.1. The molecule has 0 N–H and O–H groups in total. The van der Waals surface area contributed by atoms with Crippen molar-refractivity contribution in [2.45, 2.75) is 24.5 Å². The van der Waals surface area contributed by atoms with Gasteiger partial charge in [-0.1, -0.05) is 71.0 Å². The number of carbonyl (C=O) groups excluding carboxylic acids is 1. The minimum absolute atomic E-state index is 0.0713. The zero-order chi connectivity index (χ0) is 25.3. The Hall–Kier alpha value is -4.11. The van der Waals surface area contributed by atoms with Crippen LogP contribution < -0.4 is 4.74 Å². The Kier molecular flexibility index (Phi) is 8.36. The van der Waals surface area contributed by atoms with Gasteiger partial charge in [-0.2, -0.15) is 0 Å². The van der Waals surface area contributed by atoms with E-state index in [1.54, 1.807) is 12.1 Å². The highest BCUT2D eigenvalue weighted by Gasteiger charge is 2.19. The van der Waals surface area contributed by atoms with Gasteiger partial charge in [0.15, 0.2) is 5.71 Å². The fourth-order valence-corrected chi connectivity index (χ4v) is 4.05. The summed E-state index contributed by atoms with van der Waals surface area (Å²) in [4.78, 5) is 17.0. The average molecular weight is 504 g/mol. The van der Waals surface area contributed by atoms with Crippen molar-refractivity contribution in [2.24, 2.45) is 5.16 Å². The maximum Gasteiger partial charge on any atom is 0.360 e. The largest absolute Gasteiger partial charge is 0.489 e. The molecule has 1 aromatic heterocycles. The Balaban J connectivity index is 1.39. The van der Waals surface area contributed by atoms with Crippen molar-refractivity contribution in [1.29, 1.82) is 0 Å². The normalized spacial score (nSPS) is 11.2. The third-order valence-electron chi connectivity index (χ3n) is 5.22. The van der Waals surface area contributed by atoms with Crippen LogP contribution in [0.25, 0.3) is 11.5 Å². The van der Waals surface area contributed by atoms with Crippen molar-refractivity contribution >= 4 is 23.4 Å². The quantitative estimate of drug-likeness (QED) is 0.122. The van der Waals surface area contributed by atoms with Crippen molar-refractivity contribution < 1.29 is 23.5 Å². The molecular formula is C27H25N3O5S. The Morgan fingerprint density at radius 2 is 1.72 bits per heavy atom. The van der Waals surface area contributed by atoms with Crippen LogP contribution in [0.4, 0.5) is 0 Å². The average Bonchev–Trinajstić information content (AvgIpc) is 3.39. The lowest BCUT2D eigenvalue weighted by Crippen LogP contribution is -2.19. The smallest absolute Gasteiger partial charge is 0.360 e. The van der Waals surface area contributed by atoms with Crippen molar-refractivity contribution in [2.75, 3.05) is 14.2 Å². The van der Waals surface area contributed by atoms with E-state index in [1.807, 2.05) is 36.4 Å². The second-order valence-electron chi connectivity index (χ2n) is 7.73. The molecule has 1 heterocycles. The van der Waals surface area contributed by atoms with Gasteiger partial charge in [0.25, 0.3) is 5.22 Å². The maximum absolute atomic E-state index is 12.1. The predicted molar refractivity (Wildman–Crippen MR) is 137 cm³/mol. The first kappa shape index (κ1) is 25.0. The number of methoxy groups -OCH3 is 1. The summed E-state index contributed by atoms with van der Waals surface area (Å²) < 4.78 is 16.6. The number of benzene rings is 3. The molecule has 4 rings (SSSR count). The molecule has 0 spiro atoms. The molecule has 0 radical (unpaired) electrons. The summed E-state index contributed by atoms with van der Waals surface area (Å²) in [7, 11) is 2.67. The molecule has 184 valence electrons. The van der Waals surface area contributed by atoms with Crippen LogP contribution in [-0.4, -0.2) is 36.1 Å². The predicted octanol–water partition coefficient (Wildman–Crippen LogP) is 5.44. The maximum atomic E-state index is 12.1. The molecule has 0 aliphatic heterocycles. The number of aromatic nitrogens is 2. The van der Waals surface area contributed by atoms with Crippen molar-refractivity contribution in [1.82, 2.24) is 10.2 Å². The van der Waals surface area contributed by atoms with Gasteiger partial charge in [0, 0.05) is 16.9 Å². The van der Waals surface area contributed by atoms with Crippen LogP contribution in [0.5, 0.6) is 5.75 Å². The molecule has 0 unspecified atom stereocenters. The molecule has 0 saturated heterocycles. The number of hydrogen-bond donors (Lipinski definition) is 0. The third-order valence-corrected chi connectivity index (χ3v) is 6.11. The van der Waals surface area contributed by atoms with E-state index in [0.717, 1.165) is 16.9 Å². The number of hydrogen-bond acceptors (Lipinski definition) is 9. The summed E-state index contributed by atoms with van der Waals surface area (Å²) in [5, 5.41) is 12.6. The lowest BCUT2D eigenvalue weighted by Gasteiger charge is -2.12. The van der Waals surface area contributed by atoms with Gasteiger partial charge in [-0.3, -0.25) is 0 Å². The Morgan fingerprint density at radius 3 is 2.44 bits per heavy atom. The lowest BCUT2D eigenvalue weighted by atomic mass is 10.0. The first-order chi connectivity index (χ1) is 17.6. The molecule has 0 fully saturated rings. The van der Waals surface area contributed by atoms with E-state index >= 15 is 0 Å². The molecule has 0 aliphatic carbocycles. The first-order valence-electron chi connectivity index (χ1n) is 11.1. The zero-order valence-electron chi connectivity index (χ0n) is 20.1. The van der Waals surface area contributed by atoms with Gasteiger partial charge < -0.3 is 18.7 Å². The number of oxime groups is 1. The van der Waals surface area contributed by atoms with Gasteiger partial charge in [0.2, 0.25) is 5.89 Å². The van der Waals surface area contributed by atoms with Crippen molar-refractivity contribution in [3.8, 4) is 17.2 Å². The summed E-state index contributed by atoms with van der Waals surface area (Å²) in [5.74, 6) is 1.25. The Bertz CT molecular complexity index is 1330. The number of esters is 1. The van der Waals surface area contributed by atoms with E-state index in [2.05, 4.69) is 46.5 Å². The second-order valence-corrected chi connectivity index (χ2v) is 8.66. The molecule has 0 bridgehead atoms. The minimum atomic E-state index is -0.593. The van der Waals surface area contributed by atoms with Crippen LogP contribution in [0.1, 0.15) is 22.3 Å². The number of thioether (sulfide) groups is 1. The van der Waals surface area contributed by atoms with E-state index < -0.39 is 5.97 Å². The van der Waals surface area contributed by atoms with Crippen molar-refractivity contribution in [3.63, 3.8) is 0 Å². The Labute approximate surface area is 213 Å². The van der Waals surface area contributed by atoms with Crippen LogP contribution in [0.15, 0.2) is 87.6 Å². The number of nitrogens with zero attached hydrogens (tertiary/aromatic N) is 3. The molecule has 3 aromatic carbocycles. The van der Waals surface area contributed by atoms with E-state index in [4.69, 9.17) is 18.7 Å². The molecule has 0 amide bonds. The van der Waals surface area contributed by atoms with Gasteiger partial charge in [-0.05, 0) is 42.3 Å². The van der Waals surface area contributed by atoms with Crippen LogP contribution in [0.2, 0.25) is 0 Å². The van der Waals surface area contributed by atoms with Gasteiger partial charge >= 0.3 is 5.97 Å². The molecular weight excluding hydrogens is 478 g/mol. The summed E-state index contributed by atoms with van der Waals surface area (Å²) in [6.45, 7) is 2.28. The molecule has 0 aliphatic rings. The fourth-order valence-electron chi connectivity index (χ4n) is 3.33. The molecule has 8 nitrogen and oxygen atoms in total. The highest BCUT2D eigenvalue weighted by molar-refractivity contribution is 7.98. The van der Waals surface area contributed by atoms with E-state index in [0.29, 0.717) is 22.4 Å². The standard InChI is InChI=1S/C27H25N3O5S/c1-18-8-10-19(11-9-18)17-36-27-29-28-25(35-27)20-12-14-22(15-13-20)34-16-21-6-4-5-7-23(21)24(30-33-3)26(31)32-2/h4-15H,16-17H2,1-3H3/b30-24-. The molecule has 9 heteroatoms. The summed E-state index contributed by atoms with van der Waals surface area (Å²) >= 11 is 1.50. The van der Waals surface area contributed by atoms with E-state index in [-0.39, 0.29) is 12.3 Å². The highest BCUT2D eigenvalue weighted by atomic mass is 32.2. The number of aryl methyl sites for hydroxylation is 1. The SMILES string of the molecule is CO/N=C(\C(=O)OC)c1ccccc1COc1ccc(-c2nnc(SCc3ccc(C)cc3)o2)cc1. The minimum Gasteiger partial charge on any atom is -0.489 e. The van der Waals surface area contributed by atoms with Crippen LogP contribution in [-0.2, 0) is 26.7 Å². The summed E-state index contributed by atoms with van der Waals surface area (Å²) in [6.07, 6.45) is 0. The van der Waals surface area contributed by atoms with Crippen LogP contribution in [0.3, 0.4) is 0 Å². The Morgan fingerprint density at radius 1 is 0.972 bits per heavy atom. The molecule has 0 atom stereocenters. The second kappa shape index (κ2) is 12.0. The lowest BCUT2D eigenvalue weighted by molar-refractivity contribution is -0.132. The van der Waals surface area contributed by atoms with E-state index in [9.17, 15) is 4.79 Å². The number of rotatable bonds is 10.